The van der Waals surface area contributed by atoms with E-state index in [0.29, 0.717) is 22.8 Å². The molecule has 0 atom stereocenters. The van der Waals surface area contributed by atoms with Crippen LogP contribution in [0.1, 0.15) is 26.4 Å². The van der Waals surface area contributed by atoms with Gasteiger partial charge in [-0.25, -0.2) is 4.79 Å². The lowest BCUT2D eigenvalue weighted by Gasteiger charge is -2.11. The molecule has 3 rings (SSSR count). The Hall–Kier alpha value is -3.12. The third kappa shape index (κ3) is 5.18. The van der Waals surface area contributed by atoms with Crippen LogP contribution in [0.15, 0.2) is 60.0 Å². The SMILES string of the molecule is Cc1ccc(CNC(=O)Nc2cccc(NC(=O)c3cccs3)c2)c(C)c1. The fraction of sp³-hybridized carbons (Fsp3) is 0.143. The highest BCUT2D eigenvalue weighted by Crippen LogP contribution is 2.17. The molecule has 0 saturated heterocycles. The molecule has 2 aromatic carbocycles. The van der Waals surface area contributed by atoms with Crippen molar-refractivity contribution < 1.29 is 9.59 Å². The summed E-state index contributed by atoms with van der Waals surface area (Å²) in [6.07, 6.45) is 0. The van der Waals surface area contributed by atoms with Crippen LogP contribution in [0.2, 0.25) is 0 Å². The van der Waals surface area contributed by atoms with Crippen LogP contribution in [0.4, 0.5) is 16.2 Å². The van der Waals surface area contributed by atoms with Gasteiger partial charge in [0.25, 0.3) is 5.91 Å². The van der Waals surface area contributed by atoms with Gasteiger partial charge in [0.2, 0.25) is 0 Å². The molecule has 0 bridgehead atoms. The molecule has 5 nitrogen and oxygen atoms in total. The monoisotopic (exact) mass is 379 g/mol. The lowest BCUT2D eigenvalue weighted by atomic mass is 10.1. The van der Waals surface area contributed by atoms with Crippen LogP contribution < -0.4 is 16.0 Å². The molecule has 0 radical (unpaired) electrons. The predicted molar refractivity (Wildman–Crippen MR) is 110 cm³/mol. The number of rotatable bonds is 5. The fourth-order valence-corrected chi connectivity index (χ4v) is 3.29. The Kier molecular flexibility index (Phi) is 5.88. The number of aryl methyl sites for hydroxylation is 2. The van der Waals surface area contributed by atoms with Crippen molar-refractivity contribution in [3.63, 3.8) is 0 Å². The first-order valence-electron chi connectivity index (χ1n) is 8.57. The third-order valence-electron chi connectivity index (χ3n) is 4.06. The number of nitrogens with one attached hydrogen (secondary N) is 3. The zero-order chi connectivity index (χ0) is 19.2. The van der Waals surface area contributed by atoms with Crippen molar-refractivity contribution in [1.82, 2.24) is 5.32 Å². The quantitative estimate of drug-likeness (QED) is 0.588. The van der Waals surface area contributed by atoms with Crippen LogP contribution in [-0.4, -0.2) is 11.9 Å². The van der Waals surface area contributed by atoms with E-state index in [2.05, 4.69) is 22.0 Å². The largest absolute Gasteiger partial charge is 0.334 e. The minimum Gasteiger partial charge on any atom is -0.334 e. The van der Waals surface area contributed by atoms with Crippen LogP contribution in [0.25, 0.3) is 0 Å². The van der Waals surface area contributed by atoms with Crippen molar-refractivity contribution in [2.24, 2.45) is 0 Å². The number of hydrogen-bond donors (Lipinski definition) is 3. The van der Waals surface area contributed by atoms with Gasteiger partial charge in [-0.3, -0.25) is 4.79 Å². The maximum Gasteiger partial charge on any atom is 0.319 e. The molecule has 0 fully saturated rings. The van der Waals surface area contributed by atoms with E-state index in [1.165, 1.54) is 16.9 Å². The normalized spacial score (nSPS) is 10.3. The Morgan fingerprint density at radius 3 is 2.41 bits per heavy atom. The topological polar surface area (TPSA) is 70.2 Å². The summed E-state index contributed by atoms with van der Waals surface area (Å²) in [4.78, 5) is 24.9. The average molecular weight is 379 g/mol. The molecule has 3 N–H and O–H groups in total. The van der Waals surface area contributed by atoms with E-state index in [9.17, 15) is 9.59 Å². The van der Waals surface area contributed by atoms with E-state index in [1.54, 1.807) is 30.3 Å². The molecule has 1 heterocycles. The number of thiophene rings is 1. The van der Waals surface area contributed by atoms with Crippen molar-refractivity contribution in [3.8, 4) is 0 Å². The molecule has 0 spiro atoms. The van der Waals surface area contributed by atoms with E-state index in [1.807, 2.05) is 37.4 Å². The Labute approximate surface area is 162 Å². The van der Waals surface area contributed by atoms with Crippen LogP contribution >= 0.6 is 11.3 Å². The predicted octanol–water partition coefficient (Wildman–Crippen LogP) is 4.94. The third-order valence-corrected chi connectivity index (χ3v) is 4.93. The molecular weight excluding hydrogens is 358 g/mol. The molecule has 27 heavy (non-hydrogen) atoms. The zero-order valence-corrected chi connectivity index (χ0v) is 16.0. The van der Waals surface area contributed by atoms with Gasteiger partial charge in [-0.15, -0.1) is 11.3 Å². The molecule has 3 aromatic rings. The highest BCUT2D eigenvalue weighted by Gasteiger charge is 2.08. The Bertz CT molecular complexity index is 952. The number of carbonyl (C=O) groups excluding carboxylic acids is 2. The van der Waals surface area contributed by atoms with Crippen molar-refractivity contribution in [1.29, 1.82) is 0 Å². The Morgan fingerprint density at radius 1 is 0.926 bits per heavy atom. The molecule has 0 aliphatic rings. The van der Waals surface area contributed by atoms with Gasteiger partial charge >= 0.3 is 6.03 Å². The molecule has 0 aliphatic carbocycles. The number of anilines is 2. The molecule has 0 unspecified atom stereocenters. The van der Waals surface area contributed by atoms with Crippen molar-refractivity contribution in [2.75, 3.05) is 10.6 Å². The lowest BCUT2D eigenvalue weighted by molar-refractivity contribution is 0.103. The molecule has 6 heteroatoms. The summed E-state index contributed by atoms with van der Waals surface area (Å²) in [6, 6.07) is 16.5. The van der Waals surface area contributed by atoms with E-state index in [0.717, 1.165) is 11.1 Å². The van der Waals surface area contributed by atoms with Crippen LogP contribution in [0.3, 0.4) is 0 Å². The molecule has 0 saturated carbocycles. The van der Waals surface area contributed by atoms with Crippen LogP contribution in [0, 0.1) is 13.8 Å². The molecule has 3 amide bonds. The number of amides is 3. The van der Waals surface area contributed by atoms with Gasteiger partial charge in [0.05, 0.1) is 4.88 Å². The van der Waals surface area contributed by atoms with Crippen LogP contribution in [-0.2, 0) is 6.54 Å². The first-order valence-corrected chi connectivity index (χ1v) is 9.45. The molecule has 138 valence electrons. The van der Waals surface area contributed by atoms with E-state index >= 15 is 0 Å². The van der Waals surface area contributed by atoms with E-state index in [4.69, 9.17) is 0 Å². The fourth-order valence-electron chi connectivity index (χ4n) is 2.67. The maximum absolute atomic E-state index is 12.2. The van der Waals surface area contributed by atoms with Gasteiger partial charge in [0.15, 0.2) is 0 Å². The molecular formula is C21H21N3O2S. The summed E-state index contributed by atoms with van der Waals surface area (Å²) in [5.74, 6) is -0.165. The number of benzene rings is 2. The zero-order valence-electron chi connectivity index (χ0n) is 15.2. The van der Waals surface area contributed by atoms with Crippen LogP contribution in [0.5, 0.6) is 0 Å². The Balaban J connectivity index is 1.57. The second-order valence-corrected chi connectivity index (χ2v) is 7.20. The van der Waals surface area contributed by atoms with Gasteiger partial charge in [-0.1, -0.05) is 35.9 Å². The summed E-state index contributed by atoms with van der Waals surface area (Å²) < 4.78 is 0. The first kappa shape index (κ1) is 18.7. The van der Waals surface area contributed by atoms with Gasteiger partial charge < -0.3 is 16.0 Å². The highest BCUT2D eigenvalue weighted by atomic mass is 32.1. The van der Waals surface area contributed by atoms with Gasteiger partial charge in [-0.2, -0.15) is 0 Å². The van der Waals surface area contributed by atoms with Crippen molar-refractivity contribution in [2.45, 2.75) is 20.4 Å². The maximum atomic E-state index is 12.2. The van der Waals surface area contributed by atoms with Crippen molar-refractivity contribution in [3.05, 3.63) is 81.5 Å². The van der Waals surface area contributed by atoms with Gasteiger partial charge in [0, 0.05) is 17.9 Å². The lowest BCUT2D eigenvalue weighted by Crippen LogP contribution is -2.28. The smallest absolute Gasteiger partial charge is 0.319 e. The number of hydrogen-bond acceptors (Lipinski definition) is 3. The summed E-state index contributed by atoms with van der Waals surface area (Å²) >= 11 is 1.38. The highest BCUT2D eigenvalue weighted by molar-refractivity contribution is 7.12. The molecule has 1 aromatic heterocycles. The van der Waals surface area contributed by atoms with Crippen molar-refractivity contribution >= 4 is 34.6 Å². The second kappa shape index (κ2) is 8.51. The Morgan fingerprint density at radius 2 is 1.70 bits per heavy atom. The second-order valence-electron chi connectivity index (χ2n) is 6.25. The summed E-state index contributed by atoms with van der Waals surface area (Å²) in [6.45, 7) is 4.52. The van der Waals surface area contributed by atoms with Gasteiger partial charge in [-0.05, 0) is 54.6 Å². The average Bonchev–Trinajstić information content (AvgIpc) is 3.16. The number of carbonyl (C=O) groups is 2. The first-order chi connectivity index (χ1) is 13.0. The minimum atomic E-state index is -0.295. The summed E-state index contributed by atoms with van der Waals surface area (Å²) in [7, 11) is 0. The minimum absolute atomic E-state index is 0.165. The number of urea groups is 1. The van der Waals surface area contributed by atoms with E-state index in [-0.39, 0.29) is 11.9 Å². The van der Waals surface area contributed by atoms with E-state index < -0.39 is 0 Å². The summed E-state index contributed by atoms with van der Waals surface area (Å²) in [5, 5.41) is 10.3. The standard InChI is InChI=1S/C21H21N3O2S/c1-14-8-9-16(15(2)11-14)13-22-21(26)24-18-6-3-5-17(12-18)23-20(25)19-7-4-10-27-19/h3-12H,13H2,1-2H3,(H,23,25)(H2,22,24,26). The van der Waals surface area contributed by atoms with Gasteiger partial charge in [0.1, 0.15) is 0 Å². The molecule has 0 aliphatic heterocycles. The summed E-state index contributed by atoms with van der Waals surface area (Å²) in [5.41, 5.74) is 4.65.